The lowest BCUT2D eigenvalue weighted by molar-refractivity contribution is 0.204. The zero-order valence-electron chi connectivity index (χ0n) is 11.9. The average Bonchev–Trinajstić information content (AvgIpc) is 2.87. The topological polar surface area (TPSA) is 71.3 Å². The Hall–Kier alpha value is -2.58. The third kappa shape index (κ3) is 3.74. The fraction of sp³-hybridized carbons (Fsp3) is 0.308. The van der Waals surface area contributed by atoms with Crippen LogP contribution in [0.5, 0.6) is 0 Å². The van der Waals surface area contributed by atoms with Gasteiger partial charge in [0.2, 0.25) is 5.89 Å². The summed E-state index contributed by atoms with van der Waals surface area (Å²) >= 11 is 0. The monoisotopic (exact) mass is 314 g/mol. The van der Waals surface area contributed by atoms with Crippen LogP contribution in [0.15, 0.2) is 16.7 Å². The molecule has 9 heteroatoms. The van der Waals surface area contributed by atoms with Crippen molar-refractivity contribution in [3.63, 3.8) is 0 Å². The Kier molecular flexibility index (Phi) is 4.64. The highest BCUT2D eigenvalue weighted by Gasteiger charge is 2.14. The molecule has 2 aromatic rings. The second-order valence-corrected chi connectivity index (χ2v) is 4.62. The molecule has 1 aromatic heterocycles. The number of carbonyl (C=O) groups is 1. The van der Waals surface area contributed by atoms with Crippen LogP contribution in [-0.2, 0) is 13.1 Å². The van der Waals surface area contributed by atoms with E-state index in [-0.39, 0.29) is 24.5 Å². The summed E-state index contributed by atoms with van der Waals surface area (Å²) in [5, 5.41) is 6.07. The Bertz CT molecular complexity index is 667. The van der Waals surface area contributed by atoms with Crippen LogP contribution < -0.4 is 5.32 Å². The second-order valence-electron chi connectivity index (χ2n) is 4.62. The first-order chi connectivity index (χ1) is 10.4. The predicted octanol–water partition coefficient (Wildman–Crippen LogP) is 2.14. The third-order valence-electron chi connectivity index (χ3n) is 2.77. The minimum atomic E-state index is -1.54. The Morgan fingerprint density at radius 1 is 1.32 bits per heavy atom. The summed E-state index contributed by atoms with van der Waals surface area (Å²) in [6, 6.07) is 1.16. The number of amides is 2. The van der Waals surface area contributed by atoms with E-state index in [0.717, 1.165) is 12.1 Å². The van der Waals surface area contributed by atoms with E-state index in [4.69, 9.17) is 4.52 Å². The van der Waals surface area contributed by atoms with Crippen LogP contribution in [0.2, 0.25) is 0 Å². The summed E-state index contributed by atoms with van der Waals surface area (Å²) < 4.78 is 43.9. The maximum absolute atomic E-state index is 13.1. The van der Waals surface area contributed by atoms with E-state index >= 15 is 0 Å². The lowest BCUT2D eigenvalue weighted by Crippen LogP contribution is -2.36. The van der Waals surface area contributed by atoms with E-state index in [1.807, 2.05) is 0 Å². The quantitative estimate of drug-likeness (QED) is 0.878. The molecule has 2 rings (SSSR count). The van der Waals surface area contributed by atoms with Crippen molar-refractivity contribution in [1.82, 2.24) is 20.4 Å². The molecule has 2 amide bonds. The number of carbonyl (C=O) groups excluding carboxylic acids is 1. The summed E-state index contributed by atoms with van der Waals surface area (Å²) in [6.45, 7) is 1.57. The molecule has 0 aliphatic heterocycles. The van der Waals surface area contributed by atoms with Crippen LogP contribution in [0.1, 0.15) is 17.3 Å². The van der Waals surface area contributed by atoms with Gasteiger partial charge in [-0.25, -0.2) is 18.0 Å². The zero-order valence-corrected chi connectivity index (χ0v) is 11.9. The Morgan fingerprint density at radius 3 is 2.50 bits per heavy atom. The maximum atomic E-state index is 13.1. The van der Waals surface area contributed by atoms with Gasteiger partial charge in [-0.3, -0.25) is 0 Å². The molecule has 0 radical (unpaired) electrons. The molecule has 22 heavy (non-hydrogen) atoms. The van der Waals surface area contributed by atoms with Crippen LogP contribution in [0.4, 0.5) is 18.0 Å². The van der Waals surface area contributed by atoms with Crippen molar-refractivity contribution >= 4 is 6.03 Å². The molecule has 1 aromatic carbocycles. The fourth-order valence-electron chi connectivity index (χ4n) is 1.74. The molecule has 118 valence electrons. The van der Waals surface area contributed by atoms with E-state index in [1.54, 1.807) is 6.92 Å². The fourth-order valence-corrected chi connectivity index (χ4v) is 1.74. The first-order valence-electron chi connectivity index (χ1n) is 6.28. The first-order valence-corrected chi connectivity index (χ1v) is 6.28. The first kappa shape index (κ1) is 15.8. The smallest absolute Gasteiger partial charge is 0.317 e. The molecule has 0 fully saturated rings. The molecule has 0 saturated heterocycles. The van der Waals surface area contributed by atoms with Gasteiger partial charge in [-0.05, 0) is 24.6 Å². The molecule has 0 bridgehead atoms. The number of aryl methyl sites for hydroxylation is 1. The SMILES string of the molecule is Cc1noc(CNC(=O)N(C)Cc2cc(F)c(F)c(F)c2)n1. The van der Waals surface area contributed by atoms with Crippen LogP contribution in [0.25, 0.3) is 0 Å². The molecular formula is C13H13F3N4O2. The highest BCUT2D eigenvalue weighted by Crippen LogP contribution is 2.14. The standard InChI is InChI=1S/C13H13F3N4O2/c1-7-18-11(22-19-7)5-17-13(21)20(2)6-8-3-9(14)12(16)10(15)4-8/h3-4H,5-6H2,1-2H3,(H,17,21). The molecule has 0 aliphatic carbocycles. The van der Waals surface area contributed by atoms with Gasteiger partial charge >= 0.3 is 6.03 Å². The predicted molar refractivity (Wildman–Crippen MR) is 69.1 cm³/mol. The average molecular weight is 314 g/mol. The highest BCUT2D eigenvalue weighted by molar-refractivity contribution is 5.73. The lowest BCUT2D eigenvalue weighted by Gasteiger charge is -2.17. The highest BCUT2D eigenvalue weighted by atomic mass is 19.2. The number of rotatable bonds is 4. The molecular weight excluding hydrogens is 301 g/mol. The van der Waals surface area contributed by atoms with E-state index in [2.05, 4.69) is 15.5 Å². The van der Waals surface area contributed by atoms with E-state index in [1.165, 1.54) is 11.9 Å². The summed E-state index contributed by atoms with van der Waals surface area (Å²) in [6.07, 6.45) is 0. The van der Waals surface area contributed by atoms with Crippen molar-refractivity contribution in [2.75, 3.05) is 7.05 Å². The Balaban J connectivity index is 1.93. The Labute approximate surface area is 123 Å². The van der Waals surface area contributed by atoms with Crippen LogP contribution in [-0.4, -0.2) is 28.1 Å². The number of nitrogens with one attached hydrogen (secondary N) is 1. The second kappa shape index (κ2) is 6.46. The number of hydrogen-bond donors (Lipinski definition) is 1. The van der Waals surface area contributed by atoms with Gasteiger partial charge in [0.05, 0.1) is 6.54 Å². The molecule has 0 unspecified atom stereocenters. The number of aromatic nitrogens is 2. The van der Waals surface area contributed by atoms with Gasteiger partial charge in [-0.15, -0.1) is 0 Å². The molecule has 0 aliphatic rings. The molecule has 0 saturated carbocycles. The minimum absolute atomic E-state index is 0.0240. The number of benzene rings is 1. The van der Waals surface area contributed by atoms with Crippen LogP contribution in [0, 0.1) is 24.4 Å². The van der Waals surface area contributed by atoms with E-state index in [9.17, 15) is 18.0 Å². The summed E-state index contributed by atoms with van der Waals surface area (Å²) in [4.78, 5) is 16.9. The molecule has 0 atom stereocenters. The van der Waals surface area contributed by atoms with E-state index < -0.39 is 23.5 Å². The normalized spacial score (nSPS) is 10.6. The largest absolute Gasteiger partial charge is 0.337 e. The number of halogens is 3. The Morgan fingerprint density at radius 2 is 1.95 bits per heavy atom. The van der Waals surface area contributed by atoms with Crippen molar-refractivity contribution in [3.8, 4) is 0 Å². The van der Waals surface area contributed by atoms with Gasteiger partial charge in [-0.1, -0.05) is 5.16 Å². The van der Waals surface area contributed by atoms with Gasteiger partial charge in [0.15, 0.2) is 23.3 Å². The molecule has 1 N–H and O–H groups in total. The van der Waals surface area contributed by atoms with Crippen molar-refractivity contribution in [3.05, 3.63) is 46.9 Å². The maximum Gasteiger partial charge on any atom is 0.317 e. The molecule has 0 spiro atoms. The lowest BCUT2D eigenvalue weighted by atomic mass is 10.2. The van der Waals surface area contributed by atoms with Crippen LogP contribution >= 0.6 is 0 Å². The summed E-state index contributed by atoms with van der Waals surface area (Å²) in [7, 11) is 1.42. The zero-order chi connectivity index (χ0) is 16.3. The van der Waals surface area contributed by atoms with Gasteiger partial charge in [0.1, 0.15) is 0 Å². The molecule has 6 nitrogen and oxygen atoms in total. The number of nitrogens with zero attached hydrogens (tertiary/aromatic N) is 3. The van der Waals surface area contributed by atoms with Crippen molar-refractivity contribution in [1.29, 1.82) is 0 Å². The third-order valence-corrected chi connectivity index (χ3v) is 2.77. The van der Waals surface area contributed by atoms with Gasteiger partial charge in [-0.2, -0.15) is 4.98 Å². The summed E-state index contributed by atoms with van der Waals surface area (Å²) in [5.74, 6) is -3.47. The summed E-state index contributed by atoms with van der Waals surface area (Å²) in [5.41, 5.74) is 0.127. The van der Waals surface area contributed by atoms with Crippen molar-refractivity contribution < 1.29 is 22.5 Å². The number of urea groups is 1. The minimum Gasteiger partial charge on any atom is -0.337 e. The number of hydrogen-bond acceptors (Lipinski definition) is 4. The van der Waals surface area contributed by atoms with E-state index in [0.29, 0.717) is 5.82 Å². The van der Waals surface area contributed by atoms with Gasteiger partial charge in [0.25, 0.3) is 0 Å². The van der Waals surface area contributed by atoms with Gasteiger partial charge < -0.3 is 14.7 Å². The van der Waals surface area contributed by atoms with Crippen LogP contribution in [0.3, 0.4) is 0 Å². The van der Waals surface area contributed by atoms with Crippen molar-refractivity contribution in [2.24, 2.45) is 0 Å². The van der Waals surface area contributed by atoms with Crippen molar-refractivity contribution in [2.45, 2.75) is 20.0 Å². The molecule has 1 heterocycles. The van der Waals surface area contributed by atoms with Gasteiger partial charge in [0, 0.05) is 13.6 Å².